The summed E-state index contributed by atoms with van der Waals surface area (Å²) < 4.78 is 12.5. The Morgan fingerprint density at radius 2 is 1.96 bits per heavy atom. The van der Waals surface area contributed by atoms with Crippen molar-refractivity contribution in [2.24, 2.45) is 5.41 Å². The van der Waals surface area contributed by atoms with Crippen molar-refractivity contribution in [2.75, 3.05) is 19.5 Å². The Hall–Kier alpha value is -2.83. The van der Waals surface area contributed by atoms with E-state index >= 15 is 0 Å². The largest absolute Gasteiger partial charge is 0.493 e. The van der Waals surface area contributed by atoms with Gasteiger partial charge in [-0.05, 0) is 29.5 Å². The molecule has 4 rings (SSSR count). The number of allylic oxidation sites excluding steroid dienone is 2. The van der Waals surface area contributed by atoms with Gasteiger partial charge in [-0.15, -0.1) is 0 Å². The van der Waals surface area contributed by atoms with E-state index in [9.17, 15) is 4.79 Å². The van der Waals surface area contributed by atoms with Gasteiger partial charge in [0.05, 0.1) is 14.2 Å². The first-order valence-corrected chi connectivity index (χ1v) is 8.58. The molecule has 7 nitrogen and oxygen atoms in total. The second-order valence-corrected chi connectivity index (χ2v) is 7.50. The van der Waals surface area contributed by atoms with E-state index in [1.54, 1.807) is 18.9 Å². The first-order chi connectivity index (χ1) is 12.4. The van der Waals surface area contributed by atoms with Crippen molar-refractivity contribution < 1.29 is 14.3 Å². The van der Waals surface area contributed by atoms with Crippen LogP contribution in [0.25, 0.3) is 0 Å². The molecule has 1 N–H and O–H groups in total. The van der Waals surface area contributed by atoms with Crippen LogP contribution in [0.3, 0.4) is 0 Å². The molecular formula is C19H22N4O3. The molecule has 2 aliphatic rings. The van der Waals surface area contributed by atoms with Gasteiger partial charge in [0, 0.05) is 17.7 Å². The summed E-state index contributed by atoms with van der Waals surface area (Å²) in [4.78, 5) is 17.3. The molecule has 7 heteroatoms. The summed E-state index contributed by atoms with van der Waals surface area (Å²) in [6, 6.07) is 5.37. The first-order valence-electron chi connectivity index (χ1n) is 8.58. The van der Waals surface area contributed by atoms with Gasteiger partial charge in [0.15, 0.2) is 17.3 Å². The molecule has 0 saturated carbocycles. The molecule has 1 atom stereocenters. The lowest BCUT2D eigenvalue weighted by atomic mass is 9.73. The van der Waals surface area contributed by atoms with Crippen LogP contribution in [0.2, 0.25) is 0 Å². The molecule has 1 aromatic carbocycles. The quantitative estimate of drug-likeness (QED) is 0.913. The third-order valence-corrected chi connectivity index (χ3v) is 5.00. The van der Waals surface area contributed by atoms with Gasteiger partial charge in [0.2, 0.25) is 5.95 Å². The average Bonchev–Trinajstić information content (AvgIpc) is 3.06. The number of Topliss-reactive ketones (excluding diaryl/α,β-unsaturated/α-hetero) is 1. The fraction of sp³-hybridized carbons (Fsp3) is 0.421. The van der Waals surface area contributed by atoms with E-state index in [2.05, 4.69) is 29.2 Å². The number of methoxy groups -OCH3 is 2. The van der Waals surface area contributed by atoms with E-state index in [4.69, 9.17) is 9.47 Å². The normalized spacial score (nSPS) is 20.9. The fourth-order valence-electron chi connectivity index (χ4n) is 3.88. The van der Waals surface area contributed by atoms with Crippen LogP contribution in [0.4, 0.5) is 5.95 Å². The third kappa shape index (κ3) is 2.55. The summed E-state index contributed by atoms with van der Waals surface area (Å²) in [6.07, 6.45) is 2.82. The molecule has 0 amide bonds. The molecular weight excluding hydrogens is 332 g/mol. The number of ether oxygens (including phenoxy) is 2. The summed E-state index contributed by atoms with van der Waals surface area (Å²) in [6.45, 7) is 4.22. The van der Waals surface area contributed by atoms with Crippen LogP contribution < -0.4 is 14.8 Å². The molecule has 0 bridgehead atoms. The molecule has 2 heterocycles. The highest BCUT2D eigenvalue weighted by atomic mass is 16.5. The van der Waals surface area contributed by atoms with Gasteiger partial charge in [0.25, 0.3) is 0 Å². The van der Waals surface area contributed by atoms with Gasteiger partial charge in [-0.3, -0.25) is 4.79 Å². The van der Waals surface area contributed by atoms with Crippen molar-refractivity contribution >= 4 is 11.7 Å². The second-order valence-electron chi connectivity index (χ2n) is 7.50. The molecule has 2 aromatic rings. The van der Waals surface area contributed by atoms with Crippen LogP contribution in [0, 0.1) is 5.41 Å². The monoisotopic (exact) mass is 354 g/mol. The summed E-state index contributed by atoms with van der Waals surface area (Å²) >= 11 is 0. The minimum atomic E-state index is -0.327. The summed E-state index contributed by atoms with van der Waals surface area (Å²) in [5, 5.41) is 7.67. The van der Waals surface area contributed by atoms with Crippen molar-refractivity contribution in [2.45, 2.75) is 32.7 Å². The maximum absolute atomic E-state index is 13.0. The van der Waals surface area contributed by atoms with Crippen molar-refractivity contribution in [3.63, 3.8) is 0 Å². The Bertz CT molecular complexity index is 913. The van der Waals surface area contributed by atoms with Crippen molar-refractivity contribution in [3.8, 4) is 11.5 Å². The molecule has 0 fully saturated rings. The first kappa shape index (κ1) is 16.6. The average molecular weight is 354 g/mol. The number of hydrogen-bond donors (Lipinski definition) is 1. The molecule has 0 radical (unpaired) electrons. The Balaban J connectivity index is 1.89. The van der Waals surface area contributed by atoms with E-state index in [0.29, 0.717) is 23.9 Å². The van der Waals surface area contributed by atoms with Gasteiger partial charge in [-0.25, -0.2) is 4.68 Å². The molecule has 0 unspecified atom stereocenters. The van der Waals surface area contributed by atoms with Crippen LogP contribution in [-0.4, -0.2) is 34.8 Å². The zero-order chi connectivity index (χ0) is 18.5. The highest BCUT2D eigenvalue weighted by Crippen LogP contribution is 2.46. The highest BCUT2D eigenvalue weighted by molar-refractivity contribution is 6.00. The Morgan fingerprint density at radius 3 is 2.69 bits per heavy atom. The van der Waals surface area contributed by atoms with Crippen molar-refractivity contribution in [1.82, 2.24) is 14.8 Å². The smallest absolute Gasteiger partial charge is 0.226 e. The van der Waals surface area contributed by atoms with E-state index in [-0.39, 0.29) is 17.2 Å². The van der Waals surface area contributed by atoms with Crippen LogP contribution >= 0.6 is 0 Å². The van der Waals surface area contributed by atoms with Crippen LogP contribution in [-0.2, 0) is 4.79 Å². The van der Waals surface area contributed by atoms with E-state index in [1.165, 1.54) is 6.33 Å². The predicted molar refractivity (Wildman–Crippen MR) is 96.4 cm³/mol. The van der Waals surface area contributed by atoms with Gasteiger partial charge < -0.3 is 14.8 Å². The number of hydrogen-bond acceptors (Lipinski definition) is 6. The molecule has 0 saturated heterocycles. The standard InChI is InChI=1S/C19H22N4O3/c1-19(2)8-12-16(13(24)9-19)17(23-18(22-12)20-10-21-23)11-5-6-14(25-3)15(7-11)26-4/h5-7,10,17H,8-9H2,1-4H3,(H,20,21,22)/t17-/m1/s1. The van der Waals surface area contributed by atoms with Crippen LogP contribution in [0.1, 0.15) is 38.3 Å². The van der Waals surface area contributed by atoms with E-state index < -0.39 is 0 Å². The van der Waals surface area contributed by atoms with E-state index in [0.717, 1.165) is 23.3 Å². The summed E-state index contributed by atoms with van der Waals surface area (Å²) in [5.41, 5.74) is 2.53. The predicted octanol–water partition coefficient (Wildman–Crippen LogP) is 2.95. The number of nitrogens with one attached hydrogen (secondary N) is 1. The number of carbonyl (C=O) groups excluding carboxylic acids is 1. The third-order valence-electron chi connectivity index (χ3n) is 5.00. The Kier molecular flexibility index (Phi) is 3.75. The molecule has 1 aromatic heterocycles. The zero-order valence-corrected chi connectivity index (χ0v) is 15.4. The SMILES string of the molecule is COc1ccc([C@@H]2C3=C(CC(C)(C)CC3=O)Nc3ncnn32)cc1OC. The topological polar surface area (TPSA) is 78.3 Å². The Morgan fingerprint density at radius 1 is 1.19 bits per heavy atom. The number of carbonyl (C=O) groups is 1. The highest BCUT2D eigenvalue weighted by Gasteiger charge is 2.41. The molecule has 136 valence electrons. The minimum absolute atomic E-state index is 0.0761. The van der Waals surface area contributed by atoms with Crippen LogP contribution in [0.5, 0.6) is 11.5 Å². The molecule has 0 spiro atoms. The molecule has 1 aliphatic carbocycles. The maximum atomic E-state index is 13.0. The van der Waals surface area contributed by atoms with Crippen molar-refractivity contribution in [1.29, 1.82) is 0 Å². The summed E-state index contributed by atoms with van der Waals surface area (Å²) in [7, 11) is 3.20. The Labute approximate surface area is 152 Å². The summed E-state index contributed by atoms with van der Waals surface area (Å²) in [5.74, 6) is 2.06. The number of fused-ring (bicyclic) bond motifs is 1. The number of rotatable bonds is 3. The fourth-order valence-corrected chi connectivity index (χ4v) is 3.88. The number of ketones is 1. The number of anilines is 1. The lowest BCUT2D eigenvalue weighted by molar-refractivity contribution is -0.118. The number of nitrogens with zero attached hydrogens (tertiary/aromatic N) is 3. The zero-order valence-electron chi connectivity index (χ0n) is 15.4. The van der Waals surface area contributed by atoms with Gasteiger partial charge in [-0.2, -0.15) is 10.1 Å². The lowest BCUT2D eigenvalue weighted by Crippen LogP contribution is -2.36. The van der Waals surface area contributed by atoms with E-state index in [1.807, 2.05) is 18.2 Å². The second kappa shape index (κ2) is 5.86. The molecule has 1 aliphatic heterocycles. The number of aromatic nitrogens is 3. The van der Waals surface area contributed by atoms with Crippen molar-refractivity contribution in [3.05, 3.63) is 41.4 Å². The lowest BCUT2D eigenvalue weighted by Gasteiger charge is -2.38. The van der Waals surface area contributed by atoms with Gasteiger partial charge in [0.1, 0.15) is 12.4 Å². The van der Waals surface area contributed by atoms with Gasteiger partial charge in [-0.1, -0.05) is 19.9 Å². The maximum Gasteiger partial charge on any atom is 0.226 e. The van der Waals surface area contributed by atoms with Crippen LogP contribution in [0.15, 0.2) is 35.8 Å². The number of benzene rings is 1. The van der Waals surface area contributed by atoms with Gasteiger partial charge >= 0.3 is 0 Å². The molecule has 26 heavy (non-hydrogen) atoms. The minimum Gasteiger partial charge on any atom is -0.493 e.